The number of ether oxygens (including phenoxy) is 2. The molecule has 0 saturated heterocycles. The maximum absolute atomic E-state index is 13.4. The molecule has 29 heavy (non-hydrogen) atoms. The van der Waals surface area contributed by atoms with E-state index in [9.17, 15) is 13.2 Å². The molecule has 2 rings (SSSR count). The van der Waals surface area contributed by atoms with Crippen molar-refractivity contribution in [3.05, 3.63) is 48.5 Å². The van der Waals surface area contributed by atoms with Gasteiger partial charge in [-0.25, -0.2) is 8.42 Å². The average molecular weight is 439 g/mol. The number of thioether (sulfide) groups is 1. The third-order valence-electron chi connectivity index (χ3n) is 4.00. The number of anilines is 1. The minimum absolute atomic E-state index is 0.103. The Kier molecular flexibility index (Phi) is 8.81. The second-order valence-electron chi connectivity index (χ2n) is 5.93. The molecule has 0 radical (unpaired) electrons. The van der Waals surface area contributed by atoms with E-state index < -0.39 is 15.9 Å². The van der Waals surface area contributed by atoms with Gasteiger partial charge in [0.25, 0.3) is 10.0 Å². The number of hydrogen-bond acceptors (Lipinski definition) is 6. The zero-order chi connectivity index (χ0) is 21.3. The number of methoxy groups -OCH3 is 1. The van der Waals surface area contributed by atoms with Gasteiger partial charge in [-0.2, -0.15) is 0 Å². The van der Waals surface area contributed by atoms with Crippen LogP contribution in [0.3, 0.4) is 0 Å². The summed E-state index contributed by atoms with van der Waals surface area (Å²) in [4.78, 5) is 13.5. The Labute approximate surface area is 176 Å². The Hall–Kier alpha value is -2.23. The molecule has 0 saturated carbocycles. The number of benzene rings is 2. The van der Waals surface area contributed by atoms with Crippen LogP contribution in [0, 0.1) is 0 Å². The fourth-order valence-corrected chi connectivity index (χ4v) is 4.43. The van der Waals surface area contributed by atoms with Crippen molar-refractivity contribution in [2.75, 3.05) is 44.0 Å². The van der Waals surface area contributed by atoms with Crippen molar-refractivity contribution in [3.63, 3.8) is 0 Å². The normalized spacial score (nSPS) is 11.1. The molecule has 0 unspecified atom stereocenters. The van der Waals surface area contributed by atoms with Gasteiger partial charge in [-0.05, 0) is 49.6 Å². The second-order valence-corrected chi connectivity index (χ2v) is 8.67. The smallest absolute Gasteiger partial charge is 0.264 e. The SMILES string of the molecule is CCOc1ccccc1N(CC(=O)NCCOC)S(=O)(=O)c1ccc(SC)cc1. The number of nitrogens with one attached hydrogen (secondary N) is 1. The van der Waals surface area contributed by atoms with E-state index in [1.807, 2.05) is 13.2 Å². The maximum atomic E-state index is 13.4. The molecule has 0 aromatic heterocycles. The zero-order valence-electron chi connectivity index (χ0n) is 16.8. The number of para-hydroxylation sites is 2. The van der Waals surface area contributed by atoms with E-state index in [4.69, 9.17) is 9.47 Å². The first-order chi connectivity index (χ1) is 13.9. The minimum atomic E-state index is -3.99. The number of amides is 1. The average Bonchev–Trinajstić information content (AvgIpc) is 2.73. The van der Waals surface area contributed by atoms with Crippen LogP contribution in [0.4, 0.5) is 5.69 Å². The van der Waals surface area contributed by atoms with Crippen LogP contribution < -0.4 is 14.4 Å². The number of rotatable bonds is 11. The molecule has 0 aliphatic rings. The molecule has 0 aliphatic heterocycles. The van der Waals surface area contributed by atoms with Crippen LogP contribution in [0.2, 0.25) is 0 Å². The van der Waals surface area contributed by atoms with Crippen LogP contribution in [0.15, 0.2) is 58.3 Å². The molecule has 0 atom stereocenters. The number of sulfonamides is 1. The van der Waals surface area contributed by atoms with Gasteiger partial charge in [-0.15, -0.1) is 11.8 Å². The summed E-state index contributed by atoms with van der Waals surface area (Å²) >= 11 is 1.52. The molecule has 0 fully saturated rings. The standard InChI is InChI=1S/C20H26N2O5S2/c1-4-27-19-8-6-5-7-18(19)22(15-20(23)21-13-14-26-2)29(24,25)17-11-9-16(28-3)10-12-17/h5-12H,4,13-15H2,1-3H3,(H,21,23). The molecule has 0 spiro atoms. The first-order valence-corrected chi connectivity index (χ1v) is 11.7. The predicted molar refractivity (Wildman–Crippen MR) is 115 cm³/mol. The van der Waals surface area contributed by atoms with Gasteiger partial charge < -0.3 is 14.8 Å². The van der Waals surface area contributed by atoms with Crippen molar-refractivity contribution in [2.45, 2.75) is 16.7 Å². The minimum Gasteiger partial charge on any atom is -0.492 e. The lowest BCUT2D eigenvalue weighted by atomic mass is 10.3. The second kappa shape index (κ2) is 11.1. The first kappa shape index (κ1) is 23.1. The first-order valence-electron chi connectivity index (χ1n) is 9.08. The van der Waals surface area contributed by atoms with Gasteiger partial charge in [0.05, 0.1) is 23.8 Å². The Balaban J connectivity index is 2.44. The molecule has 0 aliphatic carbocycles. The van der Waals surface area contributed by atoms with Crippen molar-refractivity contribution in [1.29, 1.82) is 0 Å². The summed E-state index contributed by atoms with van der Waals surface area (Å²) in [6.45, 7) is 2.44. The lowest BCUT2D eigenvalue weighted by molar-refractivity contribution is -0.119. The van der Waals surface area contributed by atoms with Crippen molar-refractivity contribution in [2.24, 2.45) is 0 Å². The van der Waals surface area contributed by atoms with E-state index in [-0.39, 0.29) is 11.4 Å². The van der Waals surface area contributed by atoms with Crippen molar-refractivity contribution in [1.82, 2.24) is 5.32 Å². The van der Waals surface area contributed by atoms with E-state index in [0.29, 0.717) is 31.2 Å². The third-order valence-corrected chi connectivity index (χ3v) is 6.51. The molecule has 1 amide bonds. The van der Waals surface area contributed by atoms with E-state index in [0.717, 1.165) is 9.20 Å². The highest BCUT2D eigenvalue weighted by Crippen LogP contribution is 2.32. The quantitative estimate of drug-likeness (QED) is 0.429. The number of nitrogens with zero attached hydrogens (tertiary/aromatic N) is 1. The lowest BCUT2D eigenvalue weighted by Gasteiger charge is -2.26. The summed E-state index contributed by atoms with van der Waals surface area (Å²) in [5.74, 6) is -0.0401. The topological polar surface area (TPSA) is 84.9 Å². The summed E-state index contributed by atoms with van der Waals surface area (Å²) in [6, 6.07) is 13.3. The third kappa shape index (κ3) is 6.12. The van der Waals surface area contributed by atoms with E-state index in [1.54, 1.807) is 48.5 Å². The highest BCUT2D eigenvalue weighted by Gasteiger charge is 2.29. The molecule has 2 aromatic carbocycles. The molecule has 9 heteroatoms. The van der Waals surface area contributed by atoms with Crippen LogP contribution in [0.1, 0.15) is 6.92 Å². The van der Waals surface area contributed by atoms with Crippen LogP contribution in [0.5, 0.6) is 5.75 Å². The van der Waals surface area contributed by atoms with Gasteiger partial charge in [-0.3, -0.25) is 9.10 Å². The Bertz CT molecular complexity index is 901. The van der Waals surface area contributed by atoms with E-state index in [1.165, 1.54) is 18.9 Å². The van der Waals surface area contributed by atoms with Gasteiger partial charge in [0, 0.05) is 18.6 Å². The molecule has 1 N–H and O–H groups in total. The lowest BCUT2D eigenvalue weighted by Crippen LogP contribution is -2.41. The summed E-state index contributed by atoms with van der Waals surface area (Å²) in [6.07, 6.45) is 1.92. The molecular weight excluding hydrogens is 412 g/mol. The molecule has 0 bridgehead atoms. The number of hydrogen-bond donors (Lipinski definition) is 1. The highest BCUT2D eigenvalue weighted by molar-refractivity contribution is 7.98. The van der Waals surface area contributed by atoms with Gasteiger partial charge in [0.2, 0.25) is 5.91 Å². The van der Waals surface area contributed by atoms with Crippen LogP contribution >= 0.6 is 11.8 Å². The Morgan fingerprint density at radius 3 is 2.45 bits per heavy atom. The van der Waals surface area contributed by atoms with Crippen molar-refractivity contribution in [3.8, 4) is 5.75 Å². The summed E-state index contributed by atoms with van der Waals surface area (Å²) in [5, 5.41) is 2.66. The predicted octanol–water partition coefficient (Wildman–Crippen LogP) is 2.77. The molecule has 0 heterocycles. The van der Waals surface area contributed by atoms with E-state index in [2.05, 4.69) is 5.32 Å². The van der Waals surface area contributed by atoms with E-state index >= 15 is 0 Å². The fraction of sp³-hybridized carbons (Fsp3) is 0.350. The van der Waals surface area contributed by atoms with Crippen LogP contribution in [-0.2, 0) is 19.6 Å². The summed E-state index contributed by atoms with van der Waals surface area (Å²) < 4.78 is 38.4. The summed E-state index contributed by atoms with van der Waals surface area (Å²) in [7, 11) is -2.47. The van der Waals surface area contributed by atoms with Gasteiger partial charge in [0.15, 0.2) is 0 Å². The zero-order valence-corrected chi connectivity index (χ0v) is 18.4. The highest BCUT2D eigenvalue weighted by atomic mass is 32.2. The maximum Gasteiger partial charge on any atom is 0.264 e. The molecular formula is C20H26N2O5S2. The van der Waals surface area contributed by atoms with Crippen molar-refractivity contribution < 1.29 is 22.7 Å². The number of carbonyl (C=O) groups excluding carboxylic acids is 1. The van der Waals surface area contributed by atoms with Gasteiger partial charge in [0.1, 0.15) is 12.3 Å². The monoisotopic (exact) mass is 438 g/mol. The van der Waals surface area contributed by atoms with Gasteiger partial charge in [-0.1, -0.05) is 12.1 Å². The van der Waals surface area contributed by atoms with Crippen molar-refractivity contribution >= 4 is 33.4 Å². The fourth-order valence-electron chi connectivity index (χ4n) is 2.59. The Morgan fingerprint density at radius 1 is 1.14 bits per heavy atom. The largest absolute Gasteiger partial charge is 0.492 e. The molecule has 7 nitrogen and oxygen atoms in total. The Morgan fingerprint density at radius 2 is 1.83 bits per heavy atom. The van der Waals surface area contributed by atoms with Gasteiger partial charge >= 0.3 is 0 Å². The van der Waals surface area contributed by atoms with Crippen LogP contribution in [0.25, 0.3) is 0 Å². The van der Waals surface area contributed by atoms with Crippen LogP contribution in [-0.4, -0.2) is 54.0 Å². The molecule has 158 valence electrons. The molecule has 2 aromatic rings. The number of carbonyl (C=O) groups is 1. The summed E-state index contributed by atoms with van der Waals surface area (Å²) in [5.41, 5.74) is 0.310.